The molecule has 9 heteroatoms. The molecule has 3 N–H and O–H groups in total. The summed E-state index contributed by atoms with van der Waals surface area (Å²) in [4.78, 5) is 1.57. The van der Waals surface area contributed by atoms with Crippen LogP contribution >= 0.6 is 11.8 Å². The molecule has 1 unspecified atom stereocenters. The molecule has 1 heterocycles. The van der Waals surface area contributed by atoms with E-state index in [9.17, 15) is 8.42 Å². The maximum absolute atomic E-state index is 10.7. The predicted molar refractivity (Wildman–Crippen MR) is 57.4 cm³/mol. The van der Waals surface area contributed by atoms with Gasteiger partial charge in [-0.3, -0.25) is 4.55 Å². The van der Waals surface area contributed by atoms with Gasteiger partial charge >= 0.3 is 0 Å². The number of β-amino-alcohol motifs (C(OH)–C–C–N with tert-alkyl or cyclic N) is 1. The Kier molecular flexibility index (Phi) is 4.77. The number of aliphatic hydroxyl groups excluding tert-OH is 1. The zero-order valence-corrected chi connectivity index (χ0v) is 9.96. The average Bonchev–Trinajstić information content (AvgIpc) is 2.45. The number of hydrogen-bond donors (Lipinski definition) is 3. The van der Waals surface area contributed by atoms with E-state index in [0.29, 0.717) is 13.2 Å². The average molecular weight is 257 g/mol. The summed E-state index contributed by atoms with van der Waals surface area (Å²) < 4.78 is 30.2. The molecule has 0 aliphatic carbocycles. The summed E-state index contributed by atoms with van der Waals surface area (Å²) in [5.74, 6) is -0.409. The molecule has 1 saturated heterocycles. The van der Waals surface area contributed by atoms with Gasteiger partial charge in [0.15, 0.2) is 0 Å². The molecule has 0 radical (unpaired) electrons. The van der Waals surface area contributed by atoms with Crippen LogP contribution < -0.4 is 5.43 Å². The van der Waals surface area contributed by atoms with Crippen molar-refractivity contribution in [2.45, 2.75) is 5.50 Å². The van der Waals surface area contributed by atoms with Gasteiger partial charge in [-0.25, -0.2) is 15.3 Å². The highest BCUT2D eigenvalue weighted by atomic mass is 32.2. The number of hydrogen-bond acceptors (Lipinski definition) is 7. The molecule has 0 aromatic carbocycles. The molecule has 1 fully saturated rings. The van der Waals surface area contributed by atoms with Crippen LogP contribution in [0.25, 0.3) is 0 Å². The Morgan fingerprint density at radius 1 is 1.60 bits per heavy atom. The van der Waals surface area contributed by atoms with Crippen molar-refractivity contribution in [3.8, 4) is 0 Å². The summed E-state index contributed by atoms with van der Waals surface area (Å²) >= 11 is 1.43. The highest BCUT2D eigenvalue weighted by molar-refractivity contribution is 7.99. The summed E-state index contributed by atoms with van der Waals surface area (Å²) in [5.41, 5.74) is 2.81. The predicted octanol–water partition coefficient (Wildman–Crippen LogP) is -1.45. The van der Waals surface area contributed by atoms with Crippen LogP contribution in [0.2, 0.25) is 0 Å². The molecule has 0 aromatic heterocycles. The smallest absolute Gasteiger partial charge is 0.278 e. The Hall–Kier alpha value is 0.100. The molecule has 7 nitrogen and oxygen atoms in total. The van der Waals surface area contributed by atoms with Gasteiger partial charge in [0.05, 0.1) is 13.3 Å². The van der Waals surface area contributed by atoms with Crippen LogP contribution in [-0.4, -0.2) is 65.4 Å². The lowest BCUT2D eigenvalue weighted by atomic mass is 10.7. The number of aliphatic hydroxyl groups is 1. The van der Waals surface area contributed by atoms with Crippen molar-refractivity contribution in [2.75, 3.05) is 32.0 Å². The van der Waals surface area contributed by atoms with Crippen molar-refractivity contribution < 1.29 is 18.1 Å². The van der Waals surface area contributed by atoms with Crippen LogP contribution in [0.1, 0.15) is 0 Å². The largest absolute Gasteiger partial charge is 0.395 e. The van der Waals surface area contributed by atoms with Gasteiger partial charge in [-0.05, 0) is 6.26 Å². The van der Waals surface area contributed by atoms with Crippen LogP contribution in [-0.2, 0) is 10.1 Å². The minimum absolute atomic E-state index is 0.00613. The second kappa shape index (κ2) is 5.43. The molecule has 1 aliphatic heterocycles. The minimum Gasteiger partial charge on any atom is -0.395 e. The lowest BCUT2D eigenvalue weighted by Crippen LogP contribution is -2.37. The van der Waals surface area contributed by atoms with Gasteiger partial charge in [0.2, 0.25) is 0 Å². The van der Waals surface area contributed by atoms with E-state index in [0.717, 1.165) is 0 Å². The Morgan fingerprint density at radius 3 is 2.73 bits per heavy atom. The van der Waals surface area contributed by atoms with Gasteiger partial charge in [0, 0.05) is 6.54 Å². The van der Waals surface area contributed by atoms with E-state index in [1.807, 2.05) is 6.26 Å². The van der Waals surface area contributed by atoms with Gasteiger partial charge < -0.3 is 5.11 Å². The first-order valence-corrected chi connectivity index (χ1v) is 7.20. The minimum atomic E-state index is -4.01. The van der Waals surface area contributed by atoms with E-state index in [1.165, 1.54) is 11.8 Å². The quantitative estimate of drug-likeness (QED) is 0.515. The molecule has 1 aliphatic rings. The van der Waals surface area contributed by atoms with E-state index in [2.05, 4.69) is 5.43 Å². The fourth-order valence-corrected chi connectivity index (χ4v) is 2.79. The zero-order chi connectivity index (χ0) is 11.5. The van der Waals surface area contributed by atoms with Crippen molar-refractivity contribution in [1.29, 1.82) is 0 Å². The van der Waals surface area contributed by atoms with Gasteiger partial charge in [-0.15, -0.1) is 11.8 Å². The van der Waals surface area contributed by atoms with Gasteiger partial charge in [-0.2, -0.15) is 8.42 Å². The van der Waals surface area contributed by atoms with Gasteiger partial charge in [0.25, 0.3) is 10.1 Å². The number of thioether (sulfide) groups is 1. The summed E-state index contributed by atoms with van der Waals surface area (Å²) in [6, 6.07) is 0. The van der Waals surface area contributed by atoms with Crippen molar-refractivity contribution in [3.05, 3.63) is 0 Å². The number of rotatable bonds is 5. The van der Waals surface area contributed by atoms with E-state index in [4.69, 9.17) is 9.66 Å². The topological polar surface area (TPSA) is 93.1 Å². The van der Waals surface area contributed by atoms with Crippen molar-refractivity contribution in [2.24, 2.45) is 0 Å². The Bertz CT molecular complexity index is 297. The van der Waals surface area contributed by atoms with Crippen LogP contribution in [0, 0.1) is 0 Å². The SMILES string of the molecule is CSC1NN(CCO)CN1CS(=O)(=O)O. The summed E-state index contributed by atoms with van der Waals surface area (Å²) in [6.45, 7) is 0.763. The summed E-state index contributed by atoms with van der Waals surface area (Å²) in [5, 5.41) is 10.4. The highest BCUT2D eigenvalue weighted by Gasteiger charge is 2.31. The number of nitrogens with one attached hydrogen (secondary N) is 1. The molecular weight excluding hydrogens is 242 g/mol. The summed E-state index contributed by atoms with van der Waals surface area (Å²) in [6.07, 6.45) is 1.83. The van der Waals surface area contributed by atoms with Gasteiger partial charge in [0.1, 0.15) is 11.4 Å². The second-order valence-electron chi connectivity index (χ2n) is 3.15. The first-order valence-electron chi connectivity index (χ1n) is 4.30. The number of nitrogens with zero attached hydrogens (tertiary/aromatic N) is 2. The maximum atomic E-state index is 10.7. The molecular formula is C6H15N3O4S2. The Morgan fingerprint density at radius 2 is 2.27 bits per heavy atom. The Balaban J connectivity index is 2.56. The normalized spacial score (nSPS) is 24.9. The zero-order valence-electron chi connectivity index (χ0n) is 8.33. The molecule has 0 amide bonds. The monoisotopic (exact) mass is 257 g/mol. The molecule has 90 valence electrons. The molecule has 1 atom stereocenters. The molecule has 0 spiro atoms. The van der Waals surface area contributed by atoms with E-state index in [1.54, 1.807) is 9.91 Å². The molecule has 1 rings (SSSR count). The molecule has 15 heavy (non-hydrogen) atoms. The molecule has 0 saturated carbocycles. The van der Waals surface area contributed by atoms with Gasteiger partial charge in [-0.1, -0.05) is 0 Å². The Labute approximate surface area is 93.1 Å². The van der Waals surface area contributed by atoms with Crippen LogP contribution in [0.15, 0.2) is 0 Å². The van der Waals surface area contributed by atoms with E-state index in [-0.39, 0.29) is 12.1 Å². The lowest BCUT2D eigenvalue weighted by Gasteiger charge is -2.18. The fraction of sp³-hybridized carbons (Fsp3) is 1.00. The first-order chi connectivity index (χ1) is 6.96. The van der Waals surface area contributed by atoms with E-state index < -0.39 is 16.0 Å². The van der Waals surface area contributed by atoms with Crippen molar-refractivity contribution in [3.63, 3.8) is 0 Å². The third-order valence-corrected chi connectivity index (χ3v) is 3.41. The van der Waals surface area contributed by atoms with Crippen molar-refractivity contribution in [1.82, 2.24) is 15.3 Å². The number of hydrazine groups is 1. The second-order valence-corrected chi connectivity index (χ2v) is 5.49. The van der Waals surface area contributed by atoms with Crippen molar-refractivity contribution >= 4 is 21.9 Å². The molecule has 0 aromatic rings. The van der Waals surface area contributed by atoms with Crippen LogP contribution in [0.5, 0.6) is 0 Å². The summed E-state index contributed by atoms with van der Waals surface area (Å²) in [7, 11) is -4.01. The maximum Gasteiger partial charge on any atom is 0.278 e. The standard InChI is InChI=1S/C6H15N3O4S2/c1-14-6-7-9(2-3-10)4-8(6)5-15(11,12)13/h6-7,10H,2-5H2,1H3,(H,11,12,13). The van der Waals surface area contributed by atoms with Crippen LogP contribution in [0.3, 0.4) is 0 Å². The lowest BCUT2D eigenvalue weighted by molar-refractivity contribution is 0.169. The fourth-order valence-electron chi connectivity index (χ4n) is 1.35. The van der Waals surface area contributed by atoms with Crippen LogP contribution in [0.4, 0.5) is 0 Å². The molecule has 0 bridgehead atoms. The third kappa shape index (κ3) is 4.23. The first kappa shape index (κ1) is 13.2. The van der Waals surface area contributed by atoms with E-state index >= 15 is 0 Å². The highest BCUT2D eigenvalue weighted by Crippen LogP contribution is 2.17. The third-order valence-electron chi connectivity index (χ3n) is 1.90.